The molecule has 0 aliphatic heterocycles. The summed E-state index contributed by atoms with van der Waals surface area (Å²) in [5, 5.41) is 3.35. The van der Waals surface area contributed by atoms with Crippen molar-refractivity contribution in [2.45, 2.75) is 43.7 Å². The van der Waals surface area contributed by atoms with Gasteiger partial charge >= 0.3 is 0 Å². The standard InChI is InChI=1S/C15H25N3O2S/c1-4-8-16-11-14-10-15(12-18(14)13-6-7-13)21(19,20)17(3)9-5-2/h5,10,12-13,16H,2,4,6-9,11H2,1,3H3. The lowest BCUT2D eigenvalue weighted by Gasteiger charge is -2.13. The highest BCUT2D eigenvalue weighted by Crippen LogP contribution is 2.37. The van der Waals surface area contributed by atoms with E-state index >= 15 is 0 Å². The van der Waals surface area contributed by atoms with Crippen LogP contribution in [-0.2, 0) is 16.6 Å². The molecule has 0 saturated heterocycles. The molecule has 118 valence electrons. The summed E-state index contributed by atoms with van der Waals surface area (Å²) < 4.78 is 28.5. The molecule has 0 atom stereocenters. The van der Waals surface area contributed by atoms with Crippen LogP contribution < -0.4 is 5.32 Å². The molecule has 1 aliphatic rings. The van der Waals surface area contributed by atoms with E-state index in [4.69, 9.17) is 0 Å². The Bertz CT molecular complexity index is 588. The molecule has 1 aromatic heterocycles. The molecule has 0 spiro atoms. The predicted molar refractivity (Wildman–Crippen MR) is 84.7 cm³/mol. The quantitative estimate of drug-likeness (QED) is 0.561. The molecule has 1 heterocycles. The molecule has 0 bridgehead atoms. The van der Waals surface area contributed by atoms with E-state index in [2.05, 4.69) is 23.4 Å². The summed E-state index contributed by atoms with van der Waals surface area (Å²) in [6.45, 7) is 7.69. The average molecular weight is 311 g/mol. The van der Waals surface area contributed by atoms with Crippen molar-refractivity contribution in [3.63, 3.8) is 0 Å². The highest BCUT2D eigenvalue weighted by Gasteiger charge is 2.29. The van der Waals surface area contributed by atoms with Crippen LogP contribution in [0.25, 0.3) is 0 Å². The molecule has 6 heteroatoms. The molecule has 1 aromatic rings. The van der Waals surface area contributed by atoms with Crippen LogP contribution in [0.3, 0.4) is 0 Å². The normalized spacial score (nSPS) is 15.6. The van der Waals surface area contributed by atoms with Gasteiger partial charge in [-0.25, -0.2) is 8.42 Å². The Morgan fingerprint density at radius 3 is 2.81 bits per heavy atom. The molecule has 21 heavy (non-hydrogen) atoms. The lowest BCUT2D eigenvalue weighted by molar-refractivity contribution is 0.499. The second kappa shape index (κ2) is 6.77. The van der Waals surface area contributed by atoms with Crippen LogP contribution in [0.2, 0.25) is 0 Å². The average Bonchev–Trinajstić information content (AvgIpc) is 3.20. The number of hydrogen-bond acceptors (Lipinski definition) is 3. The second-order valence-electron chi connectivity index (χ2n) is 5.56. The fourth-order valence-corrected chi connectivity index (χ4v) is 3.52. The van der Waals surface area contributed by atoms with Crippen LogP contribution in [-0.4, -0.2) is 37.4 Å². The van der Waals surface area contributed by atoms with E-state index in [1.165, 1.54) is 4.31 Å². The minimum atomic E-state index is -3.43. The fourth-order valence-electron chi connectivity index (χ4n) is 2.33. The van der Waals surface area contributed by atoms with Gasteiger partial charge in [0.25, 0.3) is 0 Å². The van der Waals surface area contributed by atoms with Gasteiger partial charge in [-0.2, -0.15) is 4.31 Å². The lowest BCUT2D eigenvalue weighted by atomic mass is 10.4. The molecular formula is C15H25N3O2S. The number of nitrogens with zero attached hydrogens (tertiary/aromatic N) is 2. The highest BCUT2D eigenvalue weighted by molar-refractivity contribution is 7.89. The van der Waals surface area contributed by atoms with E-state index in [0.717, 1.165) is 31.5 Å². The van der Waals surface area contributed by atoms with Crippen molar-refractivity contribution in [1.82, 2.24) is 14.2 Å². The van der Waals surface area contributed by atoms with Crippen LogP contribution in [0.4, 0.5) is 0 Å². The summed E-state index contributed by atoms with van der Waals surface area (Å²) >= 11 is 0. The lowest BCUT2D eigenvalue weighted by Crippen LogP contribution is -2.26. The van der Waals surface area contributed by atoms with Gasteiger partial charge < -0.3 is 9.88 Å². The smallest absolute Gasteiger partial charge is 0.244 e. The van der Waals surface area contributed by atoms with Crippen molar-refractivity contribution in [2.24, 2.45) is 0 Å². The van der Waals surface area contributed by atoms with Gasteiger partial charge in [-0.3, -0.25) is 0 Å². The molecule has 1 saturated carbocycles. The molecule has 0 aromatic carbocycles. The van der Waals surface area contributed by atoms with Gasteiger partial charge in [0.2, 0.25) is 10.0 Å². The van der Waals surface area contributed by atoms with E-state index in [1.54, 1.807) is 25.4 Å². The summed E-state index contributed by atoms with van der Waals surface area (Å²) in [5.74, 6) is 0. The Labute approximate surface area is 127 Å². The van der Waals surface area contributed by atoms with E-state index < -0.39 is 10.0 Å². The third-order valence-corrected chi connectivity index (χ3v) is 5.46. The summed E-state index contributed by atoms with van der Waals surface area (Å²) in [6.07, 6.45) is 6.72. The maximum absolute atomic E-state index is 12.5. The van der Waals surface area contributed by atoms with Gasteiger partial charge in [0.05, 0.1) is 0 Å². The highest BCUT2D eigenvalue weighted by atomic mass is 32.2. The first-order valence-electron chi connectivity index (χ1n) is 7.49. The number of rotatable bonds is 9. The van der Waals surface area contributed by atoms with E-state index in [1.807, 2.05) is 0 Å². The zero-order valence-corrected chi connectivity index (χ0v) is 13.7. The maximum Gasteiger partial charge on any atom is 0.244 e. The Hall–Kier alpha value is -1.11. The number of likely N-dealkylation sites (N-methyl/N-ethyl adjacent to an activating group) is 1. The van der Waals surface area contributed by atoms with Gasteiger partial charge in [0, 0.05) is 38.1 Å². The van der Waals surface area contributed by atoms with Crippen LogP contribution in [0.5, 0.6) is 0 Å². The van der Waals surface area contributed by atoms with Crippen LogP contribution >= 0.6 is 0 Å². The number of aromatic nitrogens is 1. The van der Waals surface area contributed by atoms with Crippen molar-refractivity contribution in [2.75, 3.05) is 20.1 Å². The van der Waals surface area contributed by atoms with E-state index in [-0.39, 0.29) is 0 Å². The topological polar surface area (TPSA) is 54.3 Å². The fraction of sp³-hybridized carbons (Fsp3) is 0.600. The third kappa shape index (κ3) is 3.75. The summed E-state index contributed by atoms with van der Waals surface area (Å²) in [5.41, 5.74) is 1.05. The van der Waals surface area contributed by atoms with Crippen molar-refractivity contribution in [3.8, 4) is 0 Å². The minimum absolute atomic E-state index is 0.320. The van der Waals surface area contributed by atoms with Crippen molar-refractivity contribution < 1.29 is 8.42 Å². The van der Waals surface area contributed by atoms with E-state index in [9.17, 15) is 8.42 Å². The monoisotopic (exact) mass is 311 g/mol. The van der Waals surface area contributed by atoms with Gasteiger partial charge in [-0.15, -0.1) is 6.58 Å². The van der Waals surface area contributed by atoms with E-state index in [0.29, 0.717) is 24.0 Å². The number of nitrogens with one attached hydrogen (secondary N) is 1. The molecule has 2 rings (SSSR count). The number of sulfonamides is 1. The SMILES string of the molecule is C=CCN(C)S(=O)(=O)c1cc(CNCCC)n(C2CC2)c1. The van der Waals surface area contributed by atoms with Gasteiger partial charge in [0.1, 0.15) is 4.90 Å². The molecule has 0 amide bonds. The molecule has 0 unspecified atom stereocenters. The molecule has 1 fully saturated rings. The zero-order valence-electron chi connectivity index (χ0n) is 12.9. The van der Waals surface area contributed by atoms with Gasteiger partial charge in [0.15, 0.2) is 0 Å². The Morgan fingerprint density at radius 2 is 2.24 bits per heavy atom. The molecule has 1 aliphatic carbocycles. The van der Waals surface area contributed by atoms with Crippen LogP contribution in [0.1, 0.15) is 37.9 Å². The largest absolute Gasteiger partial charge is 0.346 e. The Kier molecular flexibility index (Phi) is 5.24. The first-order valence-corrected chi connectivity index (χ1v) is 8.93. The first-order chi connectivity index (χ1) is 10.0. The maximum atomic E-state index is 12.5. The zero-order chi connectivity index (χ0) is 15.5. The molecule has 1 N–H and O–H groups in total. The van der Waals surface area contributed by atoms with Crippen molar-refractivity contribution in [3.05, 3.63) is 30.6 Å². The predicted octanol–water partition coefficient (Wildman–Crippen LogP) is 2.13. The Morgan fingerprint density at radius 1 is 1.52 bits per heavy atom. The summed E-state index contributed by atoms with van der Waals surface area (Å²) in [6, 6.07) is 2.27. The third-order valence-electron chi connectivity index (χ3n) is 3.67. The van der Waals surface area contributed by atoms with Crippen molar-refractivity contribution >= 4 is 10.0 Å². The number of hydrogen-bond donors (Lipinski definition) is 1. The minimum Gasteiger partial charge on any atom is -0.346 e. The van der Waals surface area contributed by atoms with Crippen molar-refractivity contribution in [1.29, 1.82) is 0 Å². The van der Waals surface area contributed by atoms with Crippen LogP contribution in [0.15, 0.2) is 29.8 Å². The first kappa shape index (κ1) is 16.3. The molecular weight excluding hydrogens is 286 g/mol. The molecule has 5 nitrogen and oxygen atoms in total. The molecule has 0 radical (unpaired) electrons. The second-order valence-corrected chi connectivity index (χ2v) is 7.60. The van der Waals surface area contributed by atoms with Gasteiger partial charge in [-0.1, -0.05) is 13.0 Å². The Balaban J connectivity index is 2.24. The van der Waals surface area contributed by atoms with Gasteiger partial charge in [-0.05, 0) is 31.9 Å². The van der Waals surface area contributed by atoms with Crippen LogP contribution in [0, 0.1) is 0 Å². The summed E-state index contributed by atoms with van der Waals surface area (Å²) in [7, 11) is -1.84. The summed E-state index contributed by atoms with van der Waals surface area (Å²) in [4.78, 5) is 0.382.